The first-order chi connectivity index (χ1) is 9.02. The van der Waals surface area contributed by atoms with Crippen molar-refractivity contribution in [1.29, 1.82) is 0 Å². The predicted molar refractivity (Wildman–Crippen MR) is 70.5 cm³/mol. The molecular weight excluding hydrogens is 272 g/mol. The third-order valence-electron chi connectivity index (χ3n) is 2.31. The van der Waals surface area contributed by atoms with Crippen molar-refractivity contribution in [3.05, 3.63) is 28.8 Å². The van der Waals surface area contributed by atoms with Gasteiger partial charge in [-0.15, -0.1) is 0 Å². The average molecular weight is 287 g/mol. The molecule has 7 heteroatoms. The van der Waals surface area contributed by atoms with Crippen LogP contribution in [0.2, 0.25) is 5.02 Å². The first-order valence-electron chi connectivity index (χ1n) is 5.59. The molecule has 19 heavy (non-hydrogen) atoms. The van der Waals surface area contributed by atoms with Crippen LogP contribution in [0.1, 0.15) is 12.0 Å². The number of urea groups is 1. The number of carboxylic acid groups (broad SMARTS) is 1. The second-order valence-corrected chi connectivity index (χ2v) is 4.15. The van der Waals surface area contributed by atoms with Gasteiger partial charge in [0, 0.05) is 23.7 Å². The van der Waals surface area contributed by atoms with E-state index in [0.717, 1.165) is 5.56 Å². The highest BCUT2D eigenvalue weighted by Crippen LogP contribution is 2.22. The molecule has 0 aliphatic heterocycles. The number of benzene rings is 1. The number of rotatable bonds is 6. The van der Waals surface area contributed by atoms with Gasteiger partial charge in [0.2, 0.25) is 0 Å². The Morgan fingerprint density at radius 2 is 2.11 bits per heavy atom. The zero-order valence-corrected chi connectivity index (χ0v) is 11.2. The molecule has 0 aliphatic carbocycles. The van der Waals surface area contributed by atoms with Crippen molar-refractivity contribution in [3.8, 4) is 5.75 Å². The summed E-state index contributed by atoms with van der Waals surface area (Å²) in [4.78, 5) is 21.7. The SMILES string of the molecule is COc1cc(Cl)ccc1CNC(=O)NCCC(=O)O. The van der Waals surface area contributed by atoms with E-state index in [9.17, 15) is 9.59 Å². The Bertz CT molecular complexity index is 465. The molecule has 0 bridgehead atoms. The quantitative estimate of drug-likeness (QED) is 0.741. The van der Waals surface area contributed by atoms with Crippen LogP contribution in [-0.4, -0.2) is 30.8 Å². The average Bonchev–Trinajstić information content (AvgIpc) is 2.36. The molecule has 0 fully saturated rings. The lowest BCUT2D eigenvalue weighted by Gasteiger charge is -2.10. The predicted octanol–water partition coefficient (Wildman–Crippen LogP) is 1.62. The molecule has 0 saturated heterocycles. The lowest BCUT2D eigenvalue weighted by atomic mass is 10.2. The Morgan fingerprint density at radius 1 is 1.37 bits per heavy atom. The van der Waals surface area contributed by atoms with E-state index in [1.807, 2.05) is 0 Å². The maximum atomic E-state index is 11.4. The Hall–Kier alpha value is -1.95. The van der Waals surface area contributed by atoms with Gasteiger partial charge in [-0.05, 0) is 12.1 Å². The summed E-state index contributed by atoms with van der Waals surface area (Å²) in [6.07, 6.45) is -0.113. The molecule has 6 nitrogen and oxygen atoms in total. The Balaban J connectivity index is 2.43. The van der Waals surface area contributed by atoms with E-state index in [1.165, 1.54) is 7.11 Å². The van der Waals surface area contributed by atoms with Crippen molar-refractivity contribution in [1.82, 2.24) is 10.6 Å². The van der Waals surface area contributed by atoms with Crippen molar-refractivity contribution < 1.29 is 19.4 Å². The summed E-state index contributed by atoms with van der Waals surface area (Å²) in [6, 6.07) is 4.67. The molecule has 0 aliphatic rings. The summed E-state index contributed by atoms with van der Waals surface area (Å²) in [5.41, 5.74) is 0.778. The van der Waals surface area contributed by atoms with Gasteiger partial charge in [-0.25, -0.2) is 4.79 Å². The first-order valence-corrected chi connectivity index (χ1v) is 5.96. The Labute approximate surface area is 115 Å². The van der Waals surface area contributed by atoms with Crippen molar-refractivity contribution in [2.75, 3.05) is 13.7 Å². The van der Waals surface area contributed by atoms with E-state index in [-0.39, 0.29) is 19.5 Å². The van der Waals surface area contributed by atoms with E-state index in [2.05, 4.69) is 10.6 Å². The van der Waals surface area contributed by atoms with Gasteiger partial charge in [0.25, 0.3) is 0 Å². The minimum atomic E-state index is -0.959. The molecule has 0 aromatic heterocycles. The molecular formula is C12H15ClN2O4. The van der Waals surface area contributed by atoms with Gasteiger partial charge in [-0.2, -0.15) is 0 Å². The van der Waals surface area contributed by atoms with Crippen LogP contribution in [-0.2, 0) is 11.3 Å². The van der Waals surface area contributed by atoms with E-state index < -0.39 is 12.0 Å². The highest BCUT2D eigenvalue weighted by atomic mass is 35.5. The van der Waals surface area contributed by atoms with Crippen LogP contribution in [0.4, 0.5) is 4.79 Å². The molecule has 0 unspecified atom stereocenters. The van der Waals surface area contributed by atoms with E-state index in [0.29, 0.717) is 10.8 Å². The van der Waals surface area contributed by atoms with Gasteiger partial charge in [0.05, 0.1) is 13.5 Å². The van der Waals surface area contributed by atoms with Crippen LogP contribution in [0.3, 0.4) is 0 Å². The number of carboxylic acids is 1. The zero-order chi connectivity index (χ0) is 14.3. The van der Waals surface area contributed by atoms with Crippen LogP contribution in [0.25, 0.3) is 0 Å². The fourth-order valence-electron chi connectivity index (χ4n) is 1.39. The molecule has 2 amide bonds. The summed E-state index contributed by atoms with van der Waals surface area (Å²) in [5.74, 6) is -0.377. The summed E-state index contributed by atoms with van der Waals surface area (Å²) < 4.78 is 5.14. The summed E-state index contributed by atoms with van der Waals surface area (Å²) >= 11 is 5.82. The number of ether oxygens (including phenoxy) is 1. The van der Waals surface area contributed by atoms with Crippen molar-refractivity contribution >= 4 is 23.6 Å². The van der Waals surface area contributed by atoms with Crippen LogP contribution in [0.5, 0.6) is 5.75 Å². The second kappa shape index (κ2) is 7.48. The van der Waals surface area contributed by atoms with Gasteiger partial charge in [-0.1, -0.05) is 17.7 Å². The summed E-state index contributed by atoms with van der Waals surface area (Å²) in [7, 11) is 1.52. The molecule has 1 aromatic carbocycles. The number of carbonyl (C=O) groups excluding carboxylic acids is 1. The Kier molecular flexibility index (Phi) is 5.95. The number of hydrogen-bond donors (Lipinski definition) is 3. The van der Waals surface area contributed by atoms with Crippen molar-refractivity contribution in [2.45, 2.75) is 13.0 Å². The molecule has 0 atom stereocenters. The standard InChI is InChI=1S/C12H15ClN2O4/c1-19-10-6-9(13)3-2-8(10)7-15-12(18)14-5-4-11(16)17/h2-3,6H,4-5,7H2,1H3,(H,16,17)(H2,14,15,18). The fraction of sp³-hybridized carbons (Fsp3) is 0.333. The van der Waals surface area contributed by atoms with Gasteiger partial charge in [0.15, 0.2) is 0 Å². The van der Waals surface area contributed by atoms with Gasteiger partial charge < -0.3 is 20.5 Å². The Morgan fingerprint density at radius 3 is 2.74 bits per heavy atom. The minimum Gasteiger partial charge on any atom is -0.496 e. The molecule has 0 radical (unpaired) electrons. The van der Waals surface area contributed by atoms with Gasteiger partial charge in [-0.3, -0.25) is 4.79 Å². The summed E-state index contributed by atoms with van der Waals surface area (Å²) in [6.45, 7) is 0.345. The maximum Gasteiger partial charge on any atom is 0.315 e. The number of carbonyl (C=O) groups is 2. The molecule has 104 valence electrons. The lowest BCUT2D eigenvalue weighted by Crippen LogP contribution is -2.36. The zero-order valence-electron chi connectivity index (χ0n) is 10.4. The van der Waals surface area contributed by atoms with Crippen LogP contribution in [0.15, 0.2) is 18.2 Å². The minimum absolute atomic E-state index is 0.0823. The van der Waals surface area contributed by atoms with Gasteiger partial charge in [0.1, 0.15) is 5.75 Å². The largest absolute Gasteiger partial charge is 0.496 e. The second-order valence-electron chi connectivity index (χ2n) is 3.71. The topological polar surface area (TPSA) is 87.7 Å². The van der Waals surface area contributed by atoms with Crippen LogP contribution < -0.4 is 15.4 Å². The first kappa shape index (κ1) is 15.1. The summed E-state index contributed by atoms with van der Waals surface area (Å²) in [5, 5.41) is 14.0. The number of halogens is 1. The van der Waals surface area contributed by atoms with E-state index >= 15 is 0 Å². The van der Waals surface area contributed by atoms with E-state index in [1.54, 1.807) is 18.2 Å². The van der Waals surface area contributed by atoms with Crippen LogP contribution >= 0.6 is 11.6 Å². The number of amides is 2. The normalized spacial score (nSPS) is 9.79. The lowest BCUT2D eigenvalue weighted by molar-refractivity contribution is -0.136. The fourth-order valence-corrected chi connectivity index (χ4v) is 1.55. The maximum absolute atomic E-state index is 11.4. The molecule has 3 N–H and O–H groups in total. The monoisotopic (exact) mass is 286 g/mol. The molecule has 1 aromatic rings. The molecule has 0 saturated carbocycles. The smallest absolute Gasteiger partial charge is 0.315 e. The third kappa shape index (κ3) is 5.48. The number of hydrogen-bond acceptors (Lipinski definition) is 3. The van der Waals surface area contributed by atoms with Gasteiger partial charge >= 0.3 is 12.0 Å². The molecule has 0 heterocycles. The number of methoxy groups -OCH3 is 1. The number of nitrogens with one attached hydrogen (secondary N) is 2. The number of aliphatic carboxylic acids is 1. The third-order valence-corrected chi connectivity index (χ3v) is 2.55. The molecule has 0 spiro atoms. The van der Waals surface area contributed by atoms with Crippen molar-refractivity contribution in [2.24, 2.45) is 0 Å². The van der Waals surface area contributed by atoms with E-state index in [4.69, 9.17) is 21.4 Å². The molecule has 1 rings (SSSR count). The van der Waals surface area contributed by atoms with Crippen LogP contribution in [0, 0.1) is 0 Å². The van der Waals surface area contributed by atoms with Crippen molar-refractivity contribution in [3.63, 3.8) is 0 Å². The highest BCUT2D eigenvalue weighted by molar-refractivity contribution is 6.30. The highest BCUT2D eigenvalue weighted by Gasteiger charge is 2.06.